The minimum Gasteiger partial charge on any atom is -0.462 e. The Morgan fingerprint density at radius 3 is 1.32 bits per heavy atom. The number of rotatable bonds is 8. The van der Waals surface area contributed by atoms with Crippen LogP contribution in [0.4, 0.5) is 0 Å². The summed E-state index contributed by atoms with van der Waals surface area (Å²) in [6.45, 7) is 11.9. The number of carbonyl (C=O) groups is 2. The lowest BCUT2D eigenvalue weighted by Gasteiger charge is -2.21. The van der Waals surface area contributed by atoms with E-state index in [0.717, 1.165) is 12.8 Å². The number of hydrogen-bond donors (Lipinski definition) is 0. The minimum absolute atomic E-state index is 0.132. The Hall–Kier alpha value is -1.06. The van der Waals surface area contributed by atoms with Crippen molar-refractivity contribution in [1.29, 1.82) is 0 Å². The molecule has 0 saturated carbocycles. The quantitative estimate of drug-likeness (QED) is 0.502. The first-order chi connectivity index (χ1) is 8.81. The first kappa shape index (κ1) is 17.9. The number of ether oxygens (including phenoxy) is 2. The maximum Gasteiger partial charge on any atom is 0.317 e. The van der Waals surface area contributed by atoms with Crippen LogP contribution < -0.4 is 0 Å². The Labute approximate surface area is 116 Å². The summed E-state index contributed by atoms with van der Waals surface area (Å²) >= 11 is 0. The Morgan fingerprint density at radius 1 is 0.789 bits per heavy atom. The normalized spacial score (nSPS) is 14.3. The maximum absolute atomic E-state index is 11.6. The fraction of sp³-hybridized carbons (Fsp3) is 0.867. The largest absolute Gasteiger partial charge is 0.462 e. The summed E-state index contributed by atoms with van der Waals surface area (Å²) in [5.41, 5.74) is 0. The SMILES string of the molecule is CCC(OC(=O)CC(=O)OC(CC)C(C)C)C(C)C. The van der Waals surface area contributed by atoms with Gasteiger partial charge in [0, 0.05) is 0 Å². The highest BCUT2D eigenvalue weighted by atomic mass is 16.6. The molecule has 4 heteroatoms. The Morgan fingerprint density at radius 2 is 1.11 bits per heavy atom. The molecule has 19 heavy (non-hydrogen) atoms. The van der Waals surface area contributed by atoms with E-state index >= 15 is 0 Å². The molecular weight excluding hydrogens is 244 g/mol. The summed E-state index contributed by atoms with van der Waals surface area (Å²) in [5, 5.41) is 0. The van der Waals surface area contributed by atoms with Crippen LogP contribution in [0.3, 0.4) is 0 Å². The van der Waals surface area contributed by atoms with Gasteiger partial charge in [-0.3, -0.25) is 9.59 Å². The number of hydrogen-bond acceptors (Lipinski definition) is 4. The molecule has 0 aromatic carbocycles. The van der Waals surface area contributed by atoms with Crippen LogP contribution in [-0.2, 0) is 19.1 Å². The van der Waals surface area contributed by atoms with Crippen molar-refractivity contribution < 1.29 is 19.1 Å². The van der Waals surface area contributed by atoms with Gasteiger partial charge in [-0.2, -0.15) is 0 Å². The van der Waals surface area contributed by atoms with Crippen LogP contribution in [-0.4, -0.2) is 24.1 Å². The topological polar surface area (TPSA) is 52.6 Å². The summed E-state index contributed by atoms with van der Waals surface area (Å²) in [7, 11) is 0. The third kappa shape index (κ3) is 7.19. The molecule has 4 nitrogen and oxygen atoms in total. The van der Waals surface area contributed by atoms with Crippen molar-refractivity contribution in [3.05, 3.63) is 0 Å². The van der Waals surface area contributed by atoms with Gasteiger partial charge < -0.3 is 9.47 Å². The van der Waals surface area contributed by atoms with E-state index in [1.165, 1.54) is 0 Å². The third-order valence-corrected chi connectivity index (χ3v) is 3.15. The Kier molecular flexibility index (Phi) is 8.44. The lowest BCUT2D eigenvalue weighted by molar-refractivity contribution is -0.162. The van der Waals surface area contributed by atoms with Crippen LogP contribution in [0.25, 0.3) is 0 Å². The van der Waals surface area contributed by atoms with Crippen LogP contribution in [0.15, 0.2) is 0 Å². The molecule has 112 valence electrons. The van der Waals surface area contributed by atoms with Crippen molar-refractivity contribution in [2.24, 2.45) is 11.8 Å². The fourth-order valence-electron chi connectivity index (χ4n) is 1.92. The van der Waals surface area contributed by atoms with Crippen molar-refractivity contribution in [2.75, 3.05) is 0 Å². The smallest absolute Gasteiger partial charge is 0.317 e. The molecule has 0 radical (unpaired) electrons. The maximum atomic E-state index is 11.6. The summed E-state index contributed by atoms with van der Waals surface area (Å²) in [5.74, 6) is -0.485. The zero-order valence-electron chi connectivity index (χ0n) is 13.1. The zero-order chi connectivity index (χ0) is 15.0. The monoisotopic (exact) mass is 272 g/mol. The van der Waals surface area contributed by atoms with Crippen molar-refractivity contribution in [1.82, 2.24) is 0 Å². The summed E-state index contributed by atoms with van der Waals surface area (Å²) in [4.78, 5) is 23.3. The molecular formula is C15H28O4. The predicted octanol–water partition coefficient (Wildman–Crippen LogP) is 3.33. The molecule has 0 heterocycles. The van der Waals surface area contributed by atoms with Gasteiger partial charge in [0.2, 0.25) is 0 Å². The standard InChI is InChI=1S/C15H28O4/c1-7-12(10(3)4)18-14(16)9-15(17)19-13(8-2)11(5)6/h10-13H,7-9H2,1-6H3. The van der Waals surface area contributed by atoms with Gasteiger partial charge >= 0.3 is 11.9 Å². The van der Waals surface area contributed by atoms with E-state index in [1.807, 2.05) is 41.5 Å². The fourth-order valence-corrected chi connectivity index (χ4v) is 1.92. The van der Waals surface area contributed by atoms with E-state index in [-0.39, 0.29) is 30.5 Å². The van der Waals surface area contributed by atoms with Crippen LogP contribution in [0, 0.1) is 11.8 Å². The van der Waals surface area contributed by atoms with Crippen LogP contribution >= 0.6 is 0 Å². The van der Waals surface area contributed by atoms with Crippen molar-refractivity contribution in [2.45, 2.75) is 73.0 Å². The van der Waals surface area contributed by atoms with E-state index < -0.39 is 11.9 Å². The lowest BCUT2D eigenvalue weighted by atomic mass is 10.1. The van der Waals surface area contributed by atoms with E-state index in [0.29, 0.717) is 0 Å². The van der Waals surface area contributed by atoms with E-state index in [4.69, 9.17) is 9.47 Å². The highest BCUT2D eigenvalue weighted by Gasteiger charge is 2.22. The van der Waals surface area contributed by atoms with Gasteiger partial charge in [0.1, 0.15) is 18.6 Å². The van der Waals surface area contributed by atoms with Gasteiger partial charge in [0.25, 0.3) is 0 Å². The van der Waals surface area contributed by atoms with Gasteiger partial charge in [0.15, 0.2) is 0 Å². The Balaban J connectivity index is 4.22. The minimum atomic E-state index is -0.496. The van der Waals surface area contributed by atoms with Gasteiger partial charge in [0.05, 0.1) is 0 Å². The highest BCUT2D eigenvalue weighted by Crippen LogP contribution is 2.14. The number of esters is 2. The van der Waals surface area contributed by atoms with Crippen LogP contribution in [0.1, 0.15) is 60.8 Å². The first-order valence-corrected chi connectivity index (χ1v) is 7.20. The van der Waals surface area contributed by atoms with Crippen molar-refractivity contribution in [3.63, 3.8) is 0 Å². The molecule has 0 aliphatic carbocycles. The molecule has 0 spiro atoms. The van der Waals surface area contributed by atoms with Crippen molar-refractivity contribution in [3.8, 4) is 0 Å². The summed E-state index contributed by atoms with van der Waals surface area (Å²) in [6.07, 6.45) is 0.941. The molecule has 0 N–H and O–H groups in total. The zero-order valence-corrected chi connectivity index (χ0v) is 13.1. The summed E-state index contributed by atoms with van der Waals surface area (Å²) in [6, 6.07) is 0. The molecule has 0 fully saturated rings. The lowest BCUT2D eigenvalue weighted by Crippen LogP contribution is -2.27. The second kappa shape index (κ2) is 8.94. The van der Waals surface area contributed by atoms with Crippen LogP contribution in [0.2, 0.25) is 0 Å². The molecule has 0 saturated heterocycles. The van der Waals surface area contributed by atoms with Gasteiger partial charge in [-0.1, -0.05) is 41.5 Å². The number of carbonyl (C=O) groups excluding carboxylic acids is 2. The average Bonchev–Trinajstić information content (AvgIpc) is 2.32. The average molecular weight is 272 g/mol. The van der Waals surface area contributed by atoms with Crippen molar-refractivity contribution >= 4 is 11.9 Å². The third-order valence-electron chi connectivity index (χ3n) is 3.15. The van der Waals surface area contributed by atoms with Gasteiger partial charge in [-0.05, 0) is 24.7 Å². The highest BCUT2D eigenvalue weighted by molar-refractivity contribution is 5.91. The molecule has 2 unspecified atom stereocenters. The molecule has 0 aromatic heterocycles. The van der Waals surface area contributed by atoms with Gasteiger partial charge in [-0.15, -0.1) is 0 Å². The second-order valence-corrected chi connectivity index (χ2v) is 5.54. The molecule has 0 aliphatic rings. The van der Waals surface area contributed by atoms with E-state index in [2.05, 4.69) is 0 Å². The predicted molar refractivity (Wildman–Crippen MR) is 74.6 cm³/mol. The second-order valence-electron chi connectivity index (χ2n) is 5.54. The molecule has 0 aromatic rings. The summed E-state index contributed by atoms with van der Waals surface area (Å²) < 4.78 is 10.5. The molecule has 0 aliphatic heterocycles. The Bertz CT molecular complexity index is 256. The molecule has 0 bridgehead atoms. The van der Waals surface area contributed by atoms with E-state index in [9.17, 15) is 9.59 Å². The first-order valence-electron chi connectivity index (χ1n) is 7.20. The molecule has 0 rings (SSSR count). The van der Waals surface area contributed by atoms with Crippen LogP contribution in [0.5, 0.6) is 0 Å². The molecule has 2 atom stereocenters. The van der Waals surface area contributed by atoms with Gasteiger partial charge in [-0.25, -0.2) is 0 Å². The van der Waals surface area contributed by atoms with E-state index in [1.54, 1.807) is 0 Å². The molecule has 0 amide bonds.